The van der Waals surface area contributed by atoms with Crippen molar-refractivity contribution in [1.82, 2.24) is 14.9 Å². The van der Waals surface area contributed by atoms with Crippen LogP contribution >= 0.6 is 0 Å². The van der Waals surface area contributed by atoms with E-state index in [1.54, 1.807) is 26.5 Å². The Bertz CT molecular complexity index is 1130. The molecule has 0 amide bonds. The van der Waals surface area contributed by atoms with Crippen LogP contribution in [-0.4, -0.2) is 41.8 Å². The van der Waals surface area contributed by atoms with E-state index in [1.807, 2.05) is 30.3 Å². The van der Waals surface area contributed by atoms with Crippen LogP contribution in [0.2, 0.25) is 0 Å². The van der Waals surface area contributed by atoms with Crippen molar-refractivity contribution < 1.29 is 9.47 Å². The second kappa shape index (κ2) is 9.44. The van der Waals surface area contributed by atoms with Crippen LogP contribution in [0, 0.1) is 0 Å². The lowest BCUT2D eigenvalue weighted by molar-refractivity contribution is 0.242. The quantitative estimate of drug-likeness (QED) is 0.452. The standard InChI is InChI=1S/C23H25N5O3/c1-30-18-8-9-21(31-2)17(12-18)13-24-27-23-25-20-10-11-28(15-19(20)22(29)26-23)14-16-6-4-3-5-7-16/h3-9,12-13H,10-11,14-15H2,1-2H3,(H2,25,26,27,29)/b24-13-. The molecule has 0 saturated carbocycles. The molecular weight excluding hydrogens is 394 g/mol. The van der Waals surface area contributed by atoms with Gasteiger partial charge in [-0.05, 0) is 23.8 Å². The molecule has 2 aromatic carbocycles. The third kappa shape index (κ3) is 4.92. The Morgan fingerprint density at radius 3 is 2.81 bits per heavy atom. The molecule has 1 aliphatic heterocycles. The molecule has 0 aliphatic carbocycles. The number of nitrogens with one attached hydrogen (secondary N) is 2. The first-order valence-corrected chi connectivity index (χ1v) is 10.1. The fourth-order valence-corrected chi connectivity index (χ4v) is 3.61. The third-order valence-corrected chi connectivity index (χ3v) is 5.21. The maximum atomic E-state index is 12.6. The van der Waals surface area contributed by atoms with Crippen molar-refractivity contribution in [2.45, 2.75) is 19.5 Å². The highest BCUT2D eigenvalue weighted by atomic mass is 16.5. The Morgan fingerprint density at radius 1 is 1.19 bits per heavy atom. The van der Waals surface area contributed by atoms with Gasteiger partial charge in [-0.15, -0.1) is 0 Å². The van der Waals surface area contributed by atoms with Crippen molar-refractivity contribution in [3.8, 4) is 11.5 Å². The number of methoxy groups -OCH3 is 2. The summed E-state index contributed by atoms with van der Waals surface area (Å²) >= 11 is 0. The van der Waals surface area contributed by atoms with Gasteiger partial charge in [0.1, 0.15) is 11.5 Å². The predicted molar refractivity (Wildman–Crippen MR) is 120 cm³/mol. The van der Waals surface area contributed by atoms with Crippen molar-refractivity contribution in [3.05, 3.63) is 81.3 Å². The number of fused-ring (bicyclic) bond motifs is 1. The van der Waals surface area contributed by atoms with Gasteiger partial charge in [-0.25, -0.2) is 10.4 Å². The first kappa shape index (κ1) is 20.6. The first-order valence-electron chi connectivity index (χ1n) is 10.1. The molecule has 0 atom stereocenters. The van der Waals surface area contributed by atoms with E-state index in [1.165, 1.54) is 5.56 Å². The lowest BCUT2D eigenvalue weighted by Crippen LogP contribution is -2.35. The fourth-order valence-electron chi connectivity index (χ4n) is 3.61. The summed E-state index contributed by atoms with van der Waals surface area (Å²) in [6.07, 6.45) is 2.32. The van der Waals surface area contributed by atoms with Gasteiger partial charge in [-0.3, -0.25) is 14.7 Å². The normalized spacial score (nSPS) is 13.7. The van der Waals surface area contributed by atoms with Gasteiger partial charge in [0.2, 0.25) is 5.95 Å². The second-order valence-electron chi connectivity index (χ2n) is 7.26. The van der Waals surface area contributed by atoms with Gasteiger partial charge in [-0.2, -0.15) is 5.10 Å². The van der Waals surface area contributed by atoms with E-state index in [0.29, 0.717) is 36.0 Å². The summed E-state index contributed by atoms with van der Waals surface area (Å²) < 4.78 is 10.6. The molecule has 3 aromatic rings. The third-order valence-electron chi connectivity index (χ3n) is 5.21. The van der Waals surface area contributed by atoms with Crippen LogP contribution in [0.1, 0.15) is 22.4 Å². The number of benzene rings is 2. The molecule has 1 aliphatic rings. The Kier molecular flexibility index (Phi) is 6.28. The second-order valence-corrected chi connectivity index (χ2v) is 7.26. The van der Waals surface area contributed by atoms with Crippen LogP contribution in [0.4, 0.5) is 5.95 Å². The summed E-state index contributed by atoms with van der Waals surface area (Å²) in [6.45, 7) is 2.24. The summed E-state index contributed by atoms with van der Waals surface area (Å²) in [5.74, 6) is 1.68. The number of H-pyrrole nitrogens is 1. The molecule has 8 nitrogen and oxygen atoms in total. The zero-order chi connectivity index (χ0) is 21.6. The largest absolute Gasteiger partial charge is 0.497 e. The summed E-state index contributed by atoms with van der Waals surface area (Å²) in [7, 11) is 3.19. The van der Waals surface area contributed by atoms with E-state index >= 15 is 0 Å². The number of hydrogen-bond donors (Lipinski definition) is 2. The summed E-state index contributed by atoms with van der Waals surface area (Å²) in [4.78, 5) is 22.3. The molecule has 31 heavy (non-hydrogen) atoms. The summed E-state index contributed by atoms with van der Waals surface area (Å²) in [6, 6.07) is 15.7. The molecule has 0 spiro atoms. The highest BCUT2D eigenvalue weighted by Gasteiger charge is 2.21. The smallest absolute Gasteiger partial charge is 0.257 e. The fraction of sp³-hybridized carbons (Fsp3) is 0.261. The van der Waals surface area contributed by atoms with E-state index in [-0.39, 0.29) is 5.56 Å². The van der Waals surface area contributed by atoms with E-state index in [0.717, 1.165) is 24.3 Å². The first-order chi connectivity index (χ1) is 15.2. The van der Waals surface area contributed by atoms with Gasteiger partial charge in [0.05, 0.1) is 31.7 Å². The van der Waals surface area contributed by atoms with Crippen LogP contribution < -0.4 is 20.5 Å². The van der Waals surface area contributed by atoms with Crippen molar-refractivity contribution >= 4 is 12.2 Å². The minimum atomic E-state index is -0.139. The van der Waals surface area contributed by atoms with Crippen LogP contribution in [0.5, 0.6) is 11.5 Å². The SMILES string of the molecule is COc1ccc(OC)c(/C=N\Nc2nc3c(c(=O)[nH]2)CN(Cc2ccccc2)CC3)c1. The van der Waals surface area contributed by atoms with Crippen LogP contribution in [0.25, 0.3) is 0 Å². The Morgan fingerprint density at radius 2 is 2.03 bits per heavy atom. The number of hydrogen-bond acceptors (Lipinski definition) is 7. The van der Waals surface area contributed by atoms with E-state index in [4.69, 9.17) is 9.47 Å². The highest BCUT2D eigenvalue weighted by molar-refractivity contribution is 5.84. The van der Waals surface area contributed by atoms with E-state index in [9.17, 15) is 4.79 Å². The molecule has 2 heterocycles. The minimum Gasteiger partial charge on any atom is -0.497 e. The van der Waals surface area contributed by atoms with Crippen molar-refractivity contribution in [2.75, 3.05) is 26.2 Å². The Labute approximate surface area is 180 Å². The number of ether oxygens (including phenoxy) is 2. The van der Waals surface area contributed by atoms with Crippen LogP contribution in [0.3, 0.4) is 0 Å². The number of aromatic amines is 1. The van der Waals surface area contributed by atoms with E-state index in [2.05, 4.69) is 37.5 Å². The number of nitrogens with zero attached hydrogens (tertiary/aromatic N) is 3. The minimum absolute atomic E-state index is 0.139. The maximum absolute atomic E-state index is 12.6. The molecule has 1 aromatic heterocycles. The number of rotatable bonds is 7. The van der Waals surface area contributed by atoms with Gasteiger partial charge in [0.15, 0.2) is 0 Å². The van der Waals surface area contributed by atoms with Gasteiger partial charge >= 0.3 is 0 Å². The molecule has 0 unspecified atom stereocenters. The number of anilines is 1. The van der Waals surface area contributed by atoms with Crippen molar-refractivity contribution in [2.24, 2.45) is 5.10 Å². The Balaban J connectivity index is 1.46. The summed E-state index contributed by atoms with van der Waals surface area (Å²) in [5.41, 5.74) is 6.18. The molecule has 0 saturated heterocycles. The van der Waals surface area contributed by atoms with Gasteiger partial charge in [0.25, 0.3) is 5.56 Å². The van der Waals surface area contributed by atoms with Crippen molar-refractivity contribution in [1.29, 1.82) is 0 Å². The van der Waals surface area contributed by atoms with Crippen LogP contribution in [-0.2, 0) is 19.5 Å². The molecule has 0 fully saturated rings. The molecule has 4 rings (SSSR count). The zero-order valence-electron chi connectivity index (χ0n) is 17.6. The monoisotopic (exact) mass is 419 g/mol. The number of aromatic nitrogens is 2. The predicted octanol–water partition coefficient (Wildman–Crippen LogP) is 2.79. The van der Waals surface area contributed by atoms with Crippen molar-refractivity contribution in [3.63, 3.8) is 0 Å². The van der Waals surface area contributed by atoms with E-state index < -0.39 is 0 Å². The average Bonchev–Trinajstić information content (AvgIpc) is 2.80. The topological polar surface area (TPSA) is 91.8 Å². The molecule has 8 heteroatoms. The summed E-state index contributed by atoms with van der Waals surface area (Å²) in [5, 5.41) is 4.20. The maximum Gasteiger partial charge on any atom is 0.257 e. The Hall–Kier alpha value is -3.65. The molecule has 0 bridgehead atoms. The molecule has 2 N–H and O–H groups in total. The zero-order valence-corrected chi connectivity index (χ0v) is 17.6. The van der Waals surface area contributed by atoms with Gasteiger partial charge in [0, 0.05) is 31.6 Å². The van der Waals surface area contributed by atoms with Gasteiger partial charge < -0.3 is 9.47 Å². The number of hydrazone groups is 1. The highest BCUT2D eigenvalue weighted by Crippen LogP contribution is 2.22. The van der Waals surface area contributed by atoms with Gasteiger partial charge in [-0.1, -0.05) is 30.3 Å². The lowest BCUT2D eigenvalue weighted by Gasteiger charge is -2.27. The molecular formula is C23H25N5O3. The van der Waals surface area contributed by atoms with Crippen LogP contribution in [0.15, 0.2) is 58.4 Å². The average molecular weight is 419 g/mol. The molecule has 0 radical (unpaired) electrons. The molecule has 160 valence electrons. The lowest BCUT2D eigenvalue weighted by atomic mass is 10.1.